The fourth-order valence-corrected chi connectivity index (χ4v) is 2.54. The zero-order valence-corrected chi connectivity index (χ0v) is 12.3. The summed E-state index contributed by atoms with van der Waals surface area (Å²) >= 11 is 6.25. The Morgan fingerprint density at radius 3 is 2.50 bits per heavy atom. The van der Waals surface area contributed by atoms with Gasteiger partial charge in [0.05, 0.1) is 12.1 Å². The summed E-state index contributed by atoms with van der Waals surface area (Å²) in [5.74, 6) is 6.03. The Morgan fingerprint density at radius 1 is 1.39 bits per heavy atom. The van der Waals surface area contributed by atoms with Crippen LogP contribution in [0.2, 0.25) is 5.02 Å². The Labute approximate surface area is 115 Å². The number of benzene rings is 1. The molecular formula is C14H23ClN2O. The van der Waals surface area contributed by atoms with Gasteiger partial charge in [0.15, 0.2) is 0 Å². The summed E-state index contributed by atoms with van der Waals surface area (Å²) in [6.07, 6.45) is 0.819. The molecule has 0 aliphatic carbocycles. The molecule has 2 atom stereocenters. The number of hydrogen-bond donors (Lipinski definition) is 2. The van der Waals surface area contributed by atoms with E-state index in [1.807, 2.05) is 13.0 Å². The summed E-state index contributed by atoms with van der Waals surface area (Å²) in [6, 6.07) is 6.14. The highest BCUT2D eigenvalue weighted by molar-refractivity contribution is 6.31. The molecule has 0 amide bonds. The van der Waals surface area contributed by atoms with Gasteiger partial charge < -0.3 is 4.74 Å². The maximum absolute atomic E-state index is 6.25. The molecule has 0 aliphatic heterocycles. The lowest BCUT2D eigenvalue weighted by Gasteiger charge is -2.28. The molecule has 1 aromatic carbocycles. The minimum Gasteiger partial charge on any atom is -0.380 e. The fraction of sp³-hybridized carbons (Fsp3) is 0.571. The second kappa shape index (κ2) is 7.10. The lowest BCUT2D eigenvalue weighted by atomic mass is 9.94. The second-order valence-corrected chi connectivity index (χ2v) is 5.42. The lowest BCUT2D eigenvalue weighted by molar-refractivity contribution is 0.0332. The molecule has 0 bridgehead atoms. The molecule has 102 valence electrons. The van der Waals surface area contributed by atoms with Gasteiger partial charge in [-0.2, -0.15) is 0 Å². The lowest BCUT2D eigenvalue weighted by Crippen LogP contribution is -2.48. The van der Waals surface area contributed by atoms with Crippen molar-refractivity contribution in [2.24, 2.45) is 11.8 Å². The summed E-state index contributed by atoms with van der Waals surface area (Å²) in [6.45, 7) is 6.27. The molecule has 0 radical (unpaired) electrons. The van der Waals surface area contributed by atoms with Crippen LogP contribution in [0.15, 0.2) is 18.2 Å². The zero-order chi connectivity index (χ0) is 13.7. The molecule has 3 N–H and O–H groups in total. The van der Waals surface area contributed by atoms with Gasteiger partial charge >= 0.3 is 0 Å². The number of ether oxygens (including phenoxy) is 1. The molecule has 0 spiro atoms. The van der Waals surface area contributed by atoms with Crippen LogP contribution in [0, 0.1) is 12.8 Å². The third-order valence-corrected chi connectivity index (χ3v) is 3.54. The van der Waals surface area contributed by atoms with Gasteiger partial charge in [-0.1, -0.05) is 37.6 Å². The average molecular weight is 271 g/mol. The summed E-state index contributed by atoms with van der Waals surface area (Å²) in [4.78, 5) is 0. The molecule has 0 saturated carbocycles. The SMILES string of the molecule is COC(C(C)C)C(Cc1ccc(C)cc1Cl)NN. The van der Waals surface area contributed by atoms with E-state index in [9.17, 15) is 0 Å². The van der Waals surface area contributed by atoms with Crippen molar-refractivity contribution in [1.82, 2.24) is 5.43 Å². The van der Waals surface area contributed by atoms with Crippen molar-refractivity contribution in [1.29, 1.82) is 0 Å². The van der Waals surface area contributed by atoms with Crippen molar-refractivity contribution < 1.29 is 4.74 Å². The van der Waals surface area contributed by atoms with E-state index >= 15 is 0 Å². The maximum Gasteiger partial charge on any atom is 0.0763 e. The number of hydrazine groups is 1. The monoisotopic (exact) mass is 270 g/mol. The molecule has 4 heteroatoms. The summed E-state index contributed by atoms with van der Waals surface area (Å²) < 4.78 is 5.51. The Hall–Kier alpha value is -0.610. The number of methoxy groups -OCH3 is 1. The van der Waals surface area contributed by atoms with Crippen LogP contribution in [0.4, 0.5) is 0 Å². The van der Waals surface area contributed by atoms with E-state index < -0.39 is 0 Å². The number of nitrogens with one attached hydrogen (secondary N) is 1. The summed E-state index contributed by atoms with van der Waals surface area (Å²) in [5, 5.41) is 0.786. The summed E-state index contributed by atoms with van der Waals surface area (Å²) in [5.41, 5.74) is 5.09. The number of hydrogen-bond acceptors (Lipinski definition) is 3. The zero-order valence-electron chi connectivity index (χ0n) is 11.5. The minimum absolute atomic E-state index is 0.0511. The average Bonchev–Trinajstić information content (AvgIpc) is 2.31. The minimum atomic E-state index is 0.0511. The molecule has 0 aliphatic rings. The van der Waals surface area contributed by atoms with Gasteiger partial charge in [-0.15, -0.1) is 0 Å². The number of aryl methyl sites for hydroxylation is 1. The Bertz CT molecular complexity index is 382. The standard InChI is InChI=1S/C14H23ClN2O/c1-9(2)14(18-4)13(17-16)8-11-6-5-10(3)7-12(11)15/h5-7,9,13-14,17H,8,16H2,1-4H3. The van der Waals surface area contributed by atoms with Crippen LogP contribution in [0.1, 0.15) is 25.0 Å². The first-order valence-electron chi connectivity index (χ1n) is 6.23. The van der Waals surface area contributed by atoms with Gasteiger partial charge in [-0.3, -0.25) is 11.3 Å². The molecule has 0 saturated heterocycles. The largest absolute Gasteiger partial charge is 0.380 e. The van der Waals surface area contributed by atoms with Crippen molar-refractivity contribution in [2.45, 2.75) is 39.3 Å². The number of rotatable bonds is 6. The maximum atomic E-state index is 6.25. The molecule has 0 fully saturated rings. The van der Waals surface area contributed by atoms with E-state index in [4.69, 9.17) is 22.2 Å². The predicted molar refractivity (Wildman–Crippen MR) is 76.6 cm³/mol. The fourth-order valence-electron chi connectivity index (χ4n) is 2.23. The van der Waals surface area contributed by atoms with E-state index in [0.717, 1.165) is 22.6 Å². The Kier molecular flexibility index (Phi) is 6.09. The van der Waals surface area contributed by atoms with E-state index in [1.54, 1.807) is 7.11 Å². The van der Waals surface area contributed by atoms with Gasteiger partial charge in [0.2, 0.25) is 0 Å². The molecule has 1 rings (SSSR count). The van der Waals surface area contributed by atoms with E-state index in [2.05, 4.69) is 31.4 Å². The topological polar surface area (TPSA) is 47.3 Å². The third kappa shape index (κ3) is 3.95. The number of halogens is 1. The van der Waals surface area contributed by atoms with Gasteiger partial charge in [-0.05, 0) is 36.5 Å². The van der Waals surface area contributed by atoms with Gasteiger partial charge in [0.25, 0.3) is 0 Å². The van der Waals surface area contributed by atoms with Crippen molar-refractivity contribution in [3.05, 3.63) is 34.3 Å². The third-order valence-electron chi connectivity index (χ3n) is 3.19. The highest BCUT2D eigenvalue weighted by Gasteiger charge is 2.24. The van der Waals surface area contributed by atoms with Crippen molar-refractivity contribution in [2.75, 3.05) is 7.11 Å². The van der Waals surface area contributed by atoms with Crippen LogP contribution in [0.25, 0.3) is 0 Å². The van der Waals surface area contributed by atoms with Crippen LogP contribution in [0.3, 0.4) is 0 Å². The molecule has 0 heterocycles. The van der Waals surface area contributed by atoms with Gasteiger partial charge in [0.1, 0.15) is 0 Å². The first kappa shape index (κ1) is 15.4. The van der Waals surface area contributed by atoms with Crippen molar-refractivity contribution >= 4 is 11.6 Å². The number of nitrogens with two attached hydrogens (primary N) is 1. The van der Waals surface area contributed by atoms with Crippen LogP contribution in [0.5, 0.6) is 0 Å². The quantitative estimate of drug-likeness (QED) is 0.617. The van der Waals surface area contributed by atoms with Crippen LogP contribution < -0.4 is 11.3 Å². The molecule has 2 unspecified atom stereocenters. The van der Waals surface area contributed by atoms with Crippen LogP contribution in [-0.4, -0.2) is 19.3 Å². The van der Waals surface area contributed by atoms with E-state index in [1.165, 1.54) is 0 Å². The van der Waals surface area contributed by atoms with Crippen molar-refractivity contribution in [3.8, 4) is 0 Å². The summed E-state index contributed by atoms with van der Waals surface area (Å²) in [7, 11) is 1.71. The smallest absolute Gasteiger partial charge is 0.0763 e. The molecule has 1 aromatic rings. The first-order valence-corrected chi connectivity index (χ1v) is 6.61. The van der Waals surface area contributed by atoms with E-state index in [-0.39, 0.29) is 12.1 Å². The molecule has 3 nitrogen and oxygen atoms in total. The van der Waals surface area contributed by atoms with Gasteiger partial charge in [0, 0.05) is 12.1 Å². The van der Waals surface area contributed by atoms with E-state index in [0.29, 0.717) is 5.92 Å². The van der Waals surface area contributed by atoms with Gasteiger partial charge in [-0.25, -0.2) is 0 Å². The first-order chi connectivity index (χ1) is 8.49. The van der Waals surface area contributed by atoms with Crippen LogP contribution >= 0.6 is 11.6 Å². The molecule has 0 aromatic heterocycles. The Morgan fingerprint density at radius 2 is 2.06 bits per heavy atom. The second-order valence-electron chi connectivity index (χ2n) is 5.02. The molecule has 18 heavy (non-hydrogen) atoms. The highest BCUT2D eigenvalue weighted by Crippen LogP contribution is 2.21. The molecular weight excluding hydrogens is 248 g/mol. The predicted octanol–water partition coefficient (Wildman–Crippen LogP) is 2.69. The van der Waals surface area contributed by atoms with Crippen molar-refractivity contribution in [3.63, 3.8) is 0 Å². The Balaban J connectivity index is 2.85. The van der Waals surface area contributed by atoms with Crippen LogP contribution in [-0.2, 0) is 11.2 Å². The highest BCUT2D eigenvalue weighted by atomic mass is 35.5. The normalized spacial score (nSPS) is 14.8.